The first kappa shape index (κ1) is 13.9. The zero-order valence-electron chi connectivity index (χ0n) is 10.3. The molecule has 102 valence electrons. The van der Waals surface area contributed by atoms with Crippen LogP contribution in [0.4, 0.5) is 0 Å². The number of carboxylic acids is 1. The van der Waals surface area contributed by atoms with Gasteiger partial charge < -0.3 is 15.2 Å². The molecule has 2 rings (SSSR count). The fraction of sp³-hybridized carbons (Fsp3) is 0.385. The molecule has 19 heavy (non-hydrogen) atoms. The van der Waals surface area contributed by atoms with Crippen LogP contribution in [0.25, 0.3) is 0 Å². The van der Waals surface area contributed by atoms with E-state index in [2.05, 4.69) is 5.32 Å². The molecule has 6 heteroatoms. The van der Waals surface area contributed by atoms with E-state index in [1.54, 1.807) is 11.8 Å². The van der Waals surface area contributed by atoms with Crippen molar-refractivity contribution < 1.29 is 19.4 Å². The predicted molar refractivity (Wildman–Crippen MR) is 71.1 cm³/mol. The second-order valence-electron chi connectivity index (χ2n) is 4.18. The Morgan fingerprint density at radius 2 is 2.16 bits per heavy atom. The third-order valence-corrected chi connectivity index (χ3v) is 3.88. The summed E-state index contributed by atoms with van der Waals surface area (Å²) in [6.07, 6.45) is 0.867. The average molecular weight is 281 g/mol. The molecule has 0 saturated carbocycles. The lowest BCUT2D eigenvalue weighted by Gasteiger charge is -2.25. The summed E-state index contributed by atoms with van der Waals surface area (Å²) in [4.78, 5) is 23.1. The van der Waals surface area contributed by atoms with Gasteiger partial charge in [0.05, 0.1) is 6.04 Å². The Hall–Kier alpha value is -1.53. The van der Waals surface area contributed by atoms with Crippen molar-refractivity contribution in [2.45, 2.75) is 17.4 Å². The van der Waals surface area contributed by atoms with E-state index in [1.807, 2.05) is 24.3 Å². The molecule has 1 heterocycles. The standard InChI is InChI=1S/C13H15NO4S/c15-12(7-18-8-13(16)17)14-10-5-6-19-11-4-2-1-3-9(10)11/h1-4,10H,5-8H2,(H,14,15)(H,16,17). The summed E-state index contributed by atoms with van der Waals surface area (Å²) in [5, 5.41) is 11.3. The molecule has 1 aliphatic rings. The molecule has 0 radical (unpaired) electrons. The highest BCUT2D eigenvalue weighted by Gasteiger charge is 2.21. The predicted octanol–water partition coefficient (Wildman–Crippen LogP) is 1.44. The van der Waals surface area contributed by atoms with Crippen LogP contribution in [0, 0.1) is 0 Å². The van der Waals surface area contributed by atoms with E-state index in [1.165, 1.54) is 4.90 Å². The maximum Gasteiger partial charge on any atom is 0.329 e. The molecule has 1 amide bonds. The van der Waals surface area contributed by atoms with Gasteiger partial charge >= 0.3 is 5.97 Å². The average Bonchev–Trinajstić information content (AvgIpc) is 2.39. The summed E-state index contributed by atoms with van der Waals surface area (Å²) in [7, 11) is 0. The number of carbonyl (C=O) groups excluding carboxylic acids is 1. The number of aliphatic carboxylic acids is 1. The van der Waals surface area contributed by atoms with E-state index in [9.17, 15) is 9.59 Å². The van der Waals surface area contributed by atoms with Crippen LogP contribution in [0.5, 0.6) is 0 Å². The van der Waals surface area contributed by atoms with Crippen molar-refractivity contribution in [2.24, 2.45) is 0 Å². The van der Waals surface area contributed by atoms with E-state index in [0.29, 0.717) is 0 Å². The van der Waals surface area contributed by atoms with Crippen molar-refractivity contribution in [1.29, 1.82) is 0 Å². The fourth-order valence-corrected chi connectivity index (χ4v) is 3.08. The van der Waals surface area contributed by atoms with Crippen LogP contribution in [-0.2, 0) is 14.3 Å². The van der Waals surface area contributed by atoms with Crippen LogP contribution < -0.4 is 5.32 Å². The SMILES string of the molecule is O=C(O)COCC(=O)NC1CCSc2ccccc21. The van der Waals surface area contributed by atoms with E-state index >= 15 is 0 Å². The third kappa shape index (κ3) is 3.97. The zero-order valence-corrected chi connectivity index (χ0v) is 11.1. The first-order valence-electron chi connectivity index (χ1n) is 5.97. The van der Waals surface area contributed by atoms with E-state index in [-0.39, 0.29) is 18.6 Å². The summed E-state index contributed by atoms with van der Waals surface area (Å²) in [5.74, 6) is -0.405. The lowest BCUT2D eigenvalue weighted by atomic mass is 10.0. The van der Waals surface area contributed by atoms with Gasteiger partial charge in [-0.3, -0.25) is 4.79 Å². The Labute approximate surface area is 115 Å². The number of ether oxygens (including phenoxy) is 1. The molecule has 1 unspecified atom stereocenters. The van der Waals surface area contributed by atoms with Gasteiger partial charge in [0.1, 0.15) is 13.2 Å². The molecular weight excluding hydrogens is 266 g/mol. The Morgan fingerprint density at radius 1 is 1.37 bits per heavy atom. The second-order valence-corrected chi connectivity index (χ2v) is 5.32. The lowest BCUT2D eigenvalue weighted by molar-refractivity contribution is -0.143. The number of rotatable bonds is 5. The van der Waals surface area contributed by atoms with Crippen molar-refractivity contribution in [3.8, 4) is 0 Å². The molecule has 2 N–H and O–H groups in total. The first-order valence-corrected chi connectivity index (χ1v) is 6.96. The number of amides is 1. The second kappa shape index (κ2) is 6.58. The number of hydrogen-bond acceptors (Lipinski definition) is 4. The van der Waals surface area contributed by atoms with Crippen LogP contribution >= 0.6 is 11.8 Å². The van der Waals surface area contributed by atoms with E-state index in [4.69, 9.17) is 9.84 Å². The van der Waals surface area contributed by atoms with Crippen molar-refractivity contribution >= 4 is 23.6 Å². The van der Waals surface area contributed by atoms with Crippen LogP contribution in [0.1, 0.15) is 18.0 Å². The Balaban J connectivity index is 1.90. The number of benzene rings is 1. The van der Waals surface area contributed by atoms with Gasteiger partial charge in [-0.25, -0.2) is 4.79 Å². The monoisotopic (exact) mass is 281 g/mol. The molecule has 0 saturated heterocycles. The molecule has 1 aliphatic heterocycles. The highest BCUT2D eigenvalue weighted by molar-refractivity contribution is 7.99. The number of fused-ring (bicyclic) bond motifs is 1. The van der Waals surface area contributed by atoms with E-state index < -0.39 is 12.6 Å². The van der Waals surface area contributed by atoms with Crippen LogP contribution in [0.2, 0.25) is 0 Å². The minimum Gasteiger partial charge on any atom is -0.480 e. The van der Waals surface area contributed by atoms with Crippen molar-refractivity contribution in [1.82, 2.24) is 5.32 Å². The molecule has 0 aliphatic carbocycles. The molecule has 0 aromatic heterocycles. The number of hydrogen-bond donors (Lipinski definition) is 2. The van der Waals surface area contributed by atoms with Gasteiger partial charge in [-0.1, -0.05) is 18.2 Å². The highest BCUT2D eigenvalue weighted by Crippen LogP contribution is 2.35. The Bertz CT molecular complexity index is 477. The maximum absolute atomic E-state index is 11.7. The molecule has 1 aromatic carbocycles. The van der Waals surface area contributed by atoms with Gasteiger partial charge in [0.25, 0.3) is 0 Å². The molecule has 1 aromatic rings. The third-order valence-electron chi connectivity index (χ3n) is 2.75. The quantitative estimate of drug-likeness (QED) is 0.854. The topological polar surface area (TPSA) is 75.6 Å². The van der Waals surface area contributed by atoms with Gasteiger partial charge in [0.2, 0.25) is 5.91 Å². The molecule has 1 atom stereocenters. The van der Waals surface area contributed by atoms with Crippen molar-refractivity contribution in [3.05, 3.63) is 29.8 Å². The Kier molecular flexibility index (Phi) is 4.81. The number of carbonyl (C=O) groups is 2. The maximum atomic E-state index is 11.7. The zero-order chi connectivity index (χ0) is 13.7. The molecule has 5 nitrogen and oxygen atoms in total. The largest absolute Gasteiger partial charge is 0.480 e. The van der Waals surface area contributed by atoms with Gasteiger partial charge in [-0.2, -0.15) is 0 Å². The number of thioether (sulfide) groups is 1. The summed E-state index contributed by atoms with van der Waals surface area (Å²) < 4.78 is 4.77. The van der Waals surface area contributed by atoms with Crippen LogP contribution in [0.3, 0.4) is 0 Å². The van der Waals surface area contributed by atoms with Crippen molar-refractivity contribution in [3.63, 3.8) is 0 Å². The highest BCUT2D eigenvalue weighted by atomic mass is 32.2. The first-order chi connectivity index (χ1) is 9.16. The minimum atomic E-state index is -1.08. The number of carboxylic acid groups (broad SMARTS) is 1. The molecular formula is C13H15NO4S. The van der Waals surface area contributed by atoms with E-state index in [0.717, 1.165) is 17.7 Å². The lowest BCUT2D eigenvalue weighted by Crippen LogP contribution is -2.33. The molecule has 0 bridgehead atoms. The normalized spacial score (nSPS) is 17.6. The minimum absolute atomic E-state index is 0.0154. The van der Waals surface area contributed by atoms with Gasteiger partial charge in [-0.15, -0.1) is 11.8 Å². The summed E-state index contributed by atoms with van der Waals surface area (Å²) in [6, 6.07) is 7.96. The van der Waals surface area contributed by atoms with Crippen LogP contribution in [0.15, 0.2) is 29.2 Å². The Morgan fingerprint density at radius 3 is 2.95 bits per heavy atom. The van der Waals surface area contributed by atoms with Gasteiger partial charge in [0, 0.05) is 10.6 Å². The van der Waals surface area contributed by atoms with Crippen LogP contribution in [-0.4, -0.2) is 35.9 Å². The summed E-state index contributed by atoms with van der Waals surface area (Å²) >= 11 is 1.78. The van der Waals surface area contributed by atoms with Gasteiger partial charge in [-0.05, 0) is 18.1 Å². The van der Waals surface area contributed by atoms with Gasteiger partial charge in [0.15, 0.2) is 0 Å². The number of nitrogens with one attached hydrogen (secondary N) is 1. The summed E-state index contributed by atoms with van der Waals surface area (Å²) in [5.41, 5.74) is 1.12. The molecule has 0 spiro atoms. The summed E-state index contributed by atoms with van der Waals surface area (Å²) in [6.45, 7) is -0.678. The fourth-order valence-electron chi connectivity index (χ4n) is 1.96. The molecule has 0 fully saturated rings. The van der Waals surface area contributed by atoms with Crippen molar-refractivity contribution in [2.75, 3.05) is 19.0 Å². The smallest absolute Gasteiger partial charge is 0.329 e.